The average Bonchev–Trinajstić information content (AvgIpc) is 3.44. The Bertz CT molecular complexity index is 1200. The Balaban J connectivity index is -0.000000221. The summed E-state index contributed by atoms with van der Waals surface area (Å²) in [6.07, 6.45) is 70.5. The number of hydrazine groups is 1. The van der Waals surface area contributed by atoms with Gasteiger partial charge < -0.3 is 0 Å². The molecule has 0 heterocycles. The molecule has 2 nitrogen and oxygen atoms in total. The molecule has 1 unspecified atom stereocenters. The van der Waals surface area contributed by atoms with Crippen LogP contribution in [-0.2, 0) is 0 Å². The minimum Gasteiger partial charge on any atom is -0.255 e. The Morgan fingerprint density at radius 3 is 1.33 bits per heavy atom. The second kappa shape index (κ2) is 80.7. The van der Waals surface area contributed by atoms with E-state index in [1.807, 2.05) is 39.0 Å². The SMILES string of the molecule is C=C/C(CC)=C(/C)C(CC)CCC.C=C/C=C\C(C)=C/C.C=CCCCCCN(CCCCCCCCCC)NCCCCCCCCCCCC.CC.CCC.CCC1=CC=CCC1.CCCCCCCCCC. The van der Waals surface area contributed by atoms with E-state index in [9.17, 15) is 0 Å². The maximum Gasteiger partial charge on any atom is 0.0130 e. The normalized spacial score (nSPS) is 12.3. The number of hydrogen-bond donors (Lipinski definition) is 1. The number of rotatable bonds is 43. The molecule has 1 atom stereocenters. The van der Waals surface area contributed by atoms with Gasteiger partial charge in [-0.25, -0.2) is 5.01 Å². The zero-order valence-electron chi connectivity index (χ0n) is 54.8. The van der Waals surface area contributed by atoms with E-state index in [-0.39, 0.29) is 0 Å². The van der Waals surface area contributed by atoms with Crippen molar-refractivity contribution in [2.24, 2.45) is 5.92 Å². The fourth-order valence-electron chi connectivity index (χ4n) is 8.72. The largest absolute Gasteiger partial charge is 0.255 e. The molecule has 0 saturated carbocycles. The number of allylic oxidation sites excluding steroid dienone is 13. The fourth-order valence-corrected chi connectivity index (χ4v) is 8.72. The topological polar surface area (TPSA) is 15.3 Å². The van der Waals surface area contributed by atoms with Gasteiger partial charge in [0.15, 0.2) is 0 Å². The van der Waals surface area contributed by atoms with Crippen molar-refractivity contribution in [3.63, 3.8) is 0 Å². The van der Waals surface area contributed by atoms with Gasteiger partial charge in [-0.1, -0.05) is 341 Å². The molecular formula is C73H144N2. The highest BCUT2D eigenvalue weighted by molar-refractivity contribution is 5.24. The van der Waals surface area contributed by atoms with E-state index in [2.05, 4.69) is 144 Å². The first-order chi connectivity index (χ1) is 36.6. The summed E-state index contributed by atoms with van der Waals surface area (Å²) in [7, 11) is 0. The molecule has 0 bridgehead atoms. The van der Waals surface area contributed by atoms with E-state index in [1.54, 1.807) is 17.2 Å². The first kappa shape index (κ1) is 84.1. The van der Waals surface area contributed by atoms with E-state index >= 15 is 0 Å². The molecule has 1 aliphatic carbocycles. The van der Waals surface area contributed by atoms with Crippen LogP contribution in [-0.4, -0.2) is 24.6 Å². The van der Waals surface area contributed by atoms with Gasteiger partial charge in [0.1, 0.15) is 0 Å². The molecule has 1 aliphatic rings. The second-order valence-corrected chi connectivity index (χ2v) is 21.0. The van der Waals surface area contributed by atoms with Gasteiger partial charge in [0.25, 0.3) is 0 Å². The van der Waals surface area contributed by atoms with Crippen LogP contribution < -0.4 is 5.43 Å². The molecule has 0 aliphatic heterocycles. The smallest absolute Gasteiger partial charge is 0.0130 e. The van der Waals surface area contributed by atoms with Crippen molar-refractivity contribution in [3.8, 4) is 0 Å². The van der Waals surface area contributed by atoms with Gasteiger partial charge in [-0.15, -0.1) is 6.58 Å². The van der Waals surface area contributed by atoms with Crippen LogP contribution in [0, 0.1) is 5.92 Å². The van der Waals surface area contributed by atoms with Gasteiger partial charge >= 0.3 is 0 Å². The quantitative estimate of drug-likeness (QED) is 0.0283. The van der Waals surface area contributed by atoms with Crippen LogP contribution in [0.5, 0.6) is 0 Å². The highest BCUT2D eigenvalue weighted by Gasteiger charge is 2.09. The van der Waals surface area contributed by atoms with Gasteiger partial charge in [0.05, 0.1) is 0 Å². The summed E-state index contributed by atoms with van der Waals surface area (Å²) in [5.41, 5.74) is 9.63. The first-order valence-electron chi connectivity index (χ1n) is 33.3. The summed E-state index contributed by atoms with van der Waals surface area (Å²) in [4.78, 5) is 0. The summed E-state index contributed by atoms with van der Waals surface area (Å²) in [5, 5.41) is 2.54. The number of hydrogen-bond acceptors (Lipinski definition) is 2. The van der Waals surface area contributed by atoms with E-state index in [0.29, 0.717) is 0 Å². The first-order valence-corrected chi connectivity index (χ1v) is 33.3. The maximum atomic E-state index is 3.87. The lowest BCUT2D eigenvalue weighted by Gasteiger charge is -2.23. The molecule has 0 amide bonds. The predicted octanol–water partition coefficient (Wildman–Crippen LogP) is 26.3. The number of nitrogens with one attached hydrogen (secondary N) is 1. The Morgan fingerprint density at radius 2 is 1.01 bits per heavy atom. The zero-order chi connectivity index (χ0) is 57.5. The third-order valence-electron chi connectivity index (χ3n) is 13.8. The molecule has 75 heavy (non-hydrogen) atoms. The van der Waals surface area contributed by atoms with Crippen molar-refractivity contribution in [1.29, 1.82) is 0 Å². The Morgan fingerprint density at radius 1 is 0.587 bits per heavy atom. The number of nitrogens with zero attached hydrogens (tertiary/aromatic N) is 1. The van der Waals surface area contributed by atoms with Crippen LogP contribution in [0.4, 0.5) is 0 Å². The summed E-state index contributed by atoms with van der Waals surface area (Å²) in [5.74, 6) is 0.776. The molecule has 1 N–H and O–H groups in total. The van der Waals surface area contributed by atoms with Crippen molar-refractivity contribution in [3.05, 3.63) is 96.7 Å². The van der Waals surface area contributed by atoms with Crippen LogP contribution in [0.1, 0.15) is 348 Å². The molecule has 1 rings (SSSR count). The molecule has 2 heteroatoms. The lowest BCUT2D eigenvalue weighted by atomic mass is 9.89. The third-order valence-corrected chi connectivity index (χ3v) is 13.8. The molecule has 0 spiro atoms. The van der Waals surface area contributed by atoms with E-state index in [1.165, 1.54) is 268 Å². The van der Waals surface area contributed by atoms with E-state index in [4.69, 9.17) is 0 Å². The maximum absolute atomic E-state index is 3.87. The van der Waals surface area contributed by atoms with Crippen LogP contribution in [0.25, 0.3) is 0 Å². The molecule has 446 valence electrons. The molecule has 0 radical (unpaired) electrons. The molecule has 0 fully saturated rings. The van der Waals surface area contributed by atoms with Gasteiger partial charge in [-0.05, 0) is 103 Å². The van der Waals surface area contributed by atoms with Gasteiger partial charge in [-0.3, -0.25) is 5.43 Å². The van der Waals surface area contributed by atoms with Crippen LogP contribution in [0.2, 0.25) is 0 Å². The van der Waals surface area contributed by atoms with Crippen LogP contribution in [0.3, 0.4) is 0 Å². The Kier molecular flexibility index (Phi) is 90.5. The monoisotopic (exact) mass is 1050 g/mol. The average molecular weight is 1050 g/mol. The third kappa shape index (κ3) is 76.1. The summed E-state index contributed by atoms with van der Waals surface area (Å²) in [6.45, 7) is 47.6. The van der Waals surface area contributed by atoms with Crippen LogP contribution in [0.15, 0.2) is 96.7 Å². The van der Waals surface area contributed by atoms with Crippen molar-refractivity contribution in [2.45, 2.75) is 348 Å². The molecule has 0 aromatic carbocycles. The number of unbranched alkanes of at least 4 members (excludes halogenated alkanes) is 26. The standard InChI is InChI=1S/C29H60N2.C13H24.C10H22.2C8H12.C3H8.C2H6/c1-4-7-10-13-15-17-18-19-21-24-27-30-31(28-25-22-12-9-6-3)29-26-23-20-16-14-11-8-5-2;1-6-10-13(9-4)11(5)12(7-2)8-3;1-3-5-7-9-10-8-6-4-2;1-2-8-6-4-3-5-7-8;1-4-6-7-8(3)5-2;1-3-2;1-2/h6,30H,3-5,7-29H2,1-2H3;7,13H,2,6,8-10H2,1,3-5H3;3-10H2,1-2H3;3-4,6H,2,5,7H2,1H3;4-7H,1H2,2-3H3;3H2,1-2H3;1-2H3/b;12-11+;;;7-6-,8-5-;;. The molecular weight excluding hydrogens is 905 g/mol. The predicted molar refractivity (Wildman–Crippen MR) is 356 cm³/mol. The van der Waals surface area contributed by atoms with Crippen molar-refractivity contribution < 1.29 is 0 Å². The highest BCUT2D eigenvalue weighted by atomic mass is 15.5. The Labute approximate surface area is 478 Å². The van der Waals surface area contributed by atoms with Crippen molar-refractivity contribution in [1.82, 2.24) is 10.4 Å². The lowest BCUT2D eigenvalue weighted by molar-refractivity contribution is 0.177. The van der Waals surface area contributed by atoms with Gasteiger partial charge in [0, 0.05) is 19.6 Å². The zero-order valence-corrected chi connectivity index (χ0v) is 54.8. The highest BCUT2D eigenvalue weighted by Crippen LogP contribution is 2.25. The molecule has 0 saturated heterocycles. The van der Waals surface area contributed by atoms with E-state index < -0.39 is 0 Å². The summed E-state index contributed by atoms with van der Waals surface area (Å²) in [6, 6.07) is 0. The van der Waals surface area contributed by atoms with Gasteiger partial charge in [0.2, 0.25) is 0 Å². The van der Waals surface area contributed by atoms with E-state index in [0.717, 1.165) is 12.3 Å². The summed E-state index contributed by atoms with van der Waals surface area (Å²) < 4.78 is 0. The van der Waals surface area contributed by atoms with Crippen molar-refractivity contribution in [2.75, 3.05) is 19.6 Å². The van der Waals surface area contributed by atoms with Crippen LogP contribution >= 0.6 is 0 Å². The fraction of sp³-hybridized carbons (Fsp3) is 0.781. The minimum atomic E-state index is 0.776. The molecule has 0 aromatic rings. The summed E-state index contributed by atoms with van der Waals surface area (Å²) >= 11 is 0. The Hall–Kier alpha value is -2.16. The lowest BCUT2D eigenvalue weighted by Crippen LogP contribution is -2.40. The second-order valence-electron chi connectivity index (χ2n) is 21.0. The minimum absolute atomic E-state index is 0.776. The molecule has 0 aromatic heterocycles. The van der Waals surface area contributed by atoms with Gasteiger partial charge in [-0.2, -0.15) is 0 Å². The van der Waals surface area contributed by atoms with Crippen molar-refractivity contribution >= 4 is 0 Å².